The largest absolute Gasteiger partial charge is 0.192 e. The minimum absolute atomic E-state index is 0.00484. The summed E-state index contributed by atoms with van der Waals surface area (Å²) in [5.74, 6) is 0. The van der Waals surface area contributed by atoms with E-state index in [0.717, 1.165) is 14.3 Å². The van der Waals surface area contributed by atoms with Gasteiger partial charge in [-0.15, -0.1) is 0 Å². The van der Waals surface area contributed by atoms with Gasteiger partial charge in [-0.25, -0.2) is 0 Å². The molecule has 0 saturated heterocycles. The van der Waals surface area contributed by atoms with Crippen LogP contribution in [0.25, 0.3) is 97.7 Å². The molecule has 68 heavy (non-hydrogen) atoms. The van der Waals surface area contributed by atoms with E-state index in [1.807, 2.05) is 121 Å². The van der Waals surface area contributed by atoms with Crippen LogP contribution >= 0.6 is 90.4 Å². The van der Waals surface area contributed by atoms with Crippen LogP contribution in [0.5, 0.6) is 0 Å². The summed E-state index contributed by atoms with van der Waals surface area (Å²) >= 11 is 8.62. The number of fused-ring (bicyclic) bond motifs is 4. The first-order valence-corrected chi connectivity index (χ1v) is 24.4. The van der Waals surface area contributed by atoms with Crippen molar-refractivity contribution in [2.75, 3.05) is 0 Å². The second-order valence-corrected chi connectivity index (χ2v) is 19.9. The van der Waals surface area contributed by atoms with Gasteiger partial charge in [0.2, 0.25) is 0 Å². The van der Waals surface area contributed by atoms with Gasteiger partial charge < -0.3 is 0 Å². The molecule has 0 radical (unpaired) electrons. The second kappa shape index (κ2) is 20.2. The van der Waals surface area contributed by atoms with Crippen molar-refractivity contribution in [1.82, 2.24) is 0 Å². The molecule has 0 fully saturated rings. The maximum absolute atomic E-state index is 9.47. The molecule has 0 aliphatic rings. The van der Waals surface area contributed by atoms with E-state index in [1.165, 1.54) is 32.3 Å². The fourth-order valence-electron chi connectivity index (χ4n) is 8.64. The maximum Gasteiger partial charge on any atom is 0.138 e. The van der Waals surface area contributed by atoms with Gasteiger partial charge in [-0.05, 0) is 214 Å². The van der Waals surface area contributed by atoms with Gasteiger partial charge in [0.25, 0.3) is 0 Å². The van der Waals surface area contributed by atoms with Crippen molar-refractivity contribution in [1.29, 1.82) is 42.1 Å². The molecule has 0 heterocycles. The molecule has 10 aromatic rings. The molecule has 0 bridgehead atoms. The molecule has 0 aliphatic heterocycles. The number of rotatable bonds is 0. The Morgan fingerprint density at radius 1 is 0.265 bits per heavy atom. The summed E-state index contributed by atoms with van der Waals surface area (Å²) in [5, 5.41) is 91.5. The molecule has 314 valence electrons. The Kier molecular flexibility index (Phi) is 14.0. The molecule has 0 saturated carbocycles. The number of nitriles is 8. The van der Waals surface area contributed by atoms with Crippen molar-refractivity contribution in [3.05, 3.63) is 169 Å². The molecule has 0 aliphatic carbocycles. The van der Waals surface area contributed by atoms with Gasteiger partial charge in [0.1, 0.15) is 70.8 Å². The van der Waals surface area contributed by atoms with Crippen LogP contribution in [0.3, 0.4) is 0 Å². The fraction of sp³-hybridized carbons (Fsp3) is 0. The third-order valence-corrected chi connectivity index (χ3v) is 14.1. The number of hydrogen-bond acceptors (Lipinski definition) is 8. The lowest BCUT2D eigenvalue weighted by atomic mass is 9.94. The topological polar surface area (TPSA) is 190 Å². The Bertz CT molecular complexity index is 3850. The SMILES string of the molecule is N#CC(C#N)=c1c2ccc(I)cc2c(=C(C#N)C#N)c2ccc(I)cc12.N#CC(C#N)=c1c2ccc(I)cc2c(=C(C#N)C#N)c2ccc(I)cc12.c1cc2ccc3cccc4ccc(c1)c2c34. The second-order valence-electron chi connectivity index (χ2n) is 14.9. The highest BCUT2D eigenvalue weighted by Crippen LogP contribution is 2.34. The van der Waals surface area contributed by atoms with Crippen molar-refractivity contribution in [2.45, 2.75) is 0 Å². The zero-order chi connectivity index (χ0) is 48.2. The van der Waals surface area contributed by atoms with Gasteiger partial charge >= 0.3 is 0 Å². The van der Waals surface area contributed by atoms with Gasteiger partial charge in [-0.2, -0.15) is 42.1 Å². The summed E-state index contributed by atoms with van der Waals surface area (Å²) < 4.78 is 3.71. The van der Waals surface area contributed by atoms with Crippen LogP contribution in [-0.4, -0.2) is 0 Å². The lowest BCUT2D eigenvalue weighted by Crippen LogP contribution is -2.18. The third-order valence-electron chi connectivity index (χ3n) is 11.4. The van der Waals surface area contributed by atoms with Gasteiger partial charge in [0, 0.05) is 35.2 Å². The van der Waals surface area contributed by atoms with Crippen LogP contribution in [0.1, 0.15) is 0 Å². The summed E-state index contributed by atoms with van der Waals surface area (Å²) in [7, 11) is 0. The summed E-state index contributed by atoms with van der Waals surface area (Å²) in [6, 6.07) is 60.0. The van der Waals surface area contributed by atoms with Gasteiger partial charge in [0.15, 0.2) is 0 Å². The first-order chi connectivity index (χ1) is 33.0. The zero-order valence-electron chi connectivity index (χ0n) is 34.8. The van der Waals surface area contributed by atoms with E-state index in [4.69, 9.17) is 0 Å². The molecule has 10 aromatic carbocycles. The first kappa shape index (κ1) is 47.1. The van der Waals surface area contributed by atoms with E-state index in [-0.39, 0.29) is 22.3 Å². The average Bonchev–Trinajstić information content (AvgIpc) is 3.36. The highest BCUT2D eigenvalue weighted by Gasteiger charge is 2.15. The van der Waals surface area contributed by atoms with E-state index < -0.39 is 0 Å². The quantitative estimate of drug-likeness (QED) is 0.0814. The molecule has 10 rings (SSSR count). The van der Waals surface area contributed by atoms with Crippen LogP contribution in [0.15, 0.2) is 133 Å². The van der Waals surface area contributed by atoms with Crippen molar-refractivity contribution < 1.29 is 0 Å². The minimum Gasteiger partial charge on any atom is -0.192 e. The fourth-order valence-corrected chi connectivity index (χ4v) is 10.6. The number of benzene rings is 10. The monoisotopic (exact) mass is 1310 g/mol. The zero-order valence-corrected chi connectivity index (χ0v) is 43.4. The lowest BCUT2D eigenvalue weighted by molar-refractivity contribution is 1.49. The third kappa shape index (κ3) is 8.57. The van der Waals surface area contributed by atoms with E-state index >= 15 is 0 Å². The Hall–Kier alpha value is -7.40. The van der Waals surface area contributed by atoms with Crippen LogP contribution < -0.4 is 20.9 Å². The molecule has 0 amide bonds. The van der Waals surface area contributed by atoms with E-state index in [9.17, 15) is 42.1 Å². The Labute approximate surface area is 442 Å². The van der Waals surface area contributed by atoms with E-state index in [1.54, 1.807) is 0 Å². The van der Waals surface area contributed by atoms with Crippen molar-refractivity contribution in [3.63, 3.8) is 0 Å². The molecule has 8 nitrogen and oxygen atoms in total. The molecule has 0 aromatic heterocycles. The van der Waals surface area contributed by atoms with Gasteiger partial charge in [0.05, 0.1) is 0 Å². The summed E-state index contributed by atoms with van der Waals surface area (Å²) in [4.78, 5) is 0. The minimum atomic E-state index is 0.00484. The van der Waals surface area contributed by atoms with Gasteiger partial charge in [-0.1, -0.05) is 84.9 Å². The molecule has 0 N–H and O–H groups in total. The molecule has 12 heteroatoms. The maximum atomic E-state index is 9.47. The smallest absolute Gasteiger partial charge is 0.138 e. The highest BCUT2D eigenvalue weighted by molar-refractivity contribution is 14.1. The number of halogens is 4. The molecule has 0 spiro atoms. The molecule has 0 atom stereocenters. The standard InChI is InChI=1S/2C20H6I2N4.C16H10/c2*21-13-1-3-15-17(5-13)20(12(9-25)10-26)16-4-2-14(22)6-18(16)19(15)11(7-23)8-24;1-3-11-7-9-13-5-2-6-14-10-8-12(4-1)15(11)16(13)14/h2*1-6H;1-10H. The predicted octanol–water partition coefficient (Wildman–Crippen LogP) is 11.8. The van der Waals surface area contributed by atoms with E-state index in [2.05, 4.69) is 151 Å². The number of hydrogen-bond donors (Lipinski definition) is 0. The summed E-state index contributed by atoms with van der Waals surface area (Å²) in [6.07, 6.45) is 0. The Morgan fingerprint density at radius 3 is 0.662 bits per heavy atom. The van der Waals surface area contributed by atoms with Crippen LogP contribution in [0, 0.1) is 105 Å². The van der Waals surface area contributed by atoms with Crippen LogP contribution in [0.2, 0.25) is 0 Å². The molecule has 0 unspecified atom stereocenters. The van der Waals surface area contributed by atoms with Crippen molar-refractivity contribution >= 4 is 188 Å². The summed E-state index contributed by atoms with van der Waals surface area (Å²) in [5.41, 5.74) is 0.0193. The van der Waals surface area contributed by atoms with Crippen LogP contribution in [-0.2, 0) is 0 Å². The average molecular weight is 1310 g/mol. The molecular weight excluding hydrogens is 1290 g/mol. The van der Waals surface area contributed by atoms with Crippen LogP contribution in [0.4, 0.5) is 0 Å². The summed E-state index contributed by atoms with van der Waals surface area (Å²) in [6.45, 7) is 0. The lowest BCUT2D eigenvalue weighted by Gasteiger charge is -2.09. The van der Waals surface area contributed by atoms with Gasteiger partial charge in [-0.3, -0.25) is 0 Å². The Morgan fingerprint density at radius 2 is 0.471 bits per heavy atom. The predicted molar refractivity (Wildman–Crippen MR) is 301 cm³/mol. The Balaban J connectivity index is 0.000000142. The normalized spacial score (nSPS) is 10.2. The highest BCUT2D eigenvalue weighted by atomic mass is 127. The van der Waals surface area contributed by atoms with Crippen molar-refractivity contribution in [3.8, 4) is 48.6 Å². The van der Waals surface area contributed by atoms with E-state index in [0.29, 0.717) is 64.0 Å². The van der Waals surface area contributed by atoms with Crippen molar-refractivity contribution in [2.24, 2.45) is 0 Å². The first-order valence-electron chi connectivity index (χ1n) is 20.1. The number of nitrogens with zero attached hydrogens (tertiary/aromatic N) is 8. The molecular formula is C56H22I4N8.